The molecule has 0 bridgehead atoms. The normalized spacial score (nSPS) is 13.7. The van der Waals surface area contributed by atoms with Crippen LogP contribution in [0.5, 0.6) is 0 Å². The number of unbranched alkanes of at least 4 members (excludes halogenated alkanes) is 1. The maximum absolute atomic E-state index is 11.2. The minimum atomic E-state index is -0.424. The van der Waals surface area contributed by atoms with E-state index in [9.17, 15) is 4.79 Å². The van der Waals surface area contributed by atoms with Gasteiger partial charge >= 0.3 is 5.97 Å². The molecule has 0 saturated carbocycles. The van der Waals surface area contributed by atoms with E-state index in [0.717, 1.165) is 19.1 Å². The highest BCUT2D eigenvalue weighted by molar-refractivity contribution is 5.87. The fourth-order valence-corrected chi connectivity index (χ4v) is 1.26. The molecule has 88 valence electrons. The molecule has 0 saturated heterocycles. The third-order valence-electron chi connectivity index (χ3n) is 2.51. The number of hydrogen-bond donors (Lipinski definition) is 1. The van der Waals surface area contributed by atoms with Gasteiger partial charge in [-0.05, 0) is 19.3 Å². The Morgan fingerprint density at radius 1 is 1.47 bits per heavy atom. The monoisotopic (exact) mass is 214 g/mol. The van der Waals surface area contributed by atoms with Crippen molar-refractivity contribution >= 4 is 5.97 Å². The Hall–Kier alpha value is -0.990. The fraction of sp³-hybridized carbons (Fsp3) is 0.750. The molecule has 0 aliphatic carbocycles. The van der Waals surface area contributed by atoms with Gasteiger partial charge in [-0.3, -0.25) is 0 Å². The molecule has 0 spiro atoms. The summed E-state index contributed by atoms with van der Waals surface area (Å²) in [5.74, 6) is 0.0211. The minimum absolute atomic E-state index is 0.250. The van der Waals surface area contributed by atoms with Crippen LogP contribution >= 0.6 is 0 Å². The molecule has 0 aliphatic heterocycles. The maximum atomic E-state index is 11.2. The lowest BCUT2D eigenvalue weighted by atomic mass is 10.0. The zero-order valence-electron chi connectivity index (χ0n) is 9.95. The summed E-state index contributed by atoms with van der Waals surface area (Å²) in [5.41, 5.74) is 0.250. The summed E-state index contributed by atoms with van der Waals surface area (Å²) >= 11 is 0. The summed E-state index contributed by atoms with van der Waals surface area (Å²) in [7, 11) is 0. The average molecular weight is 214 g/mol. The number of aliphatic hydroxyl groups excluding tert-OH is 1. The zero-order chi connectivity index (χ0) is 11.7. The molecule has 0 fully saturated rings. The topological polar surface area (TPSA) is 46.5 Å². The second-order valence-electron chi connectivity index (χ2n) is 3.83. The standard InChI is InChI=1S/C12H22O3/c1-4-6-7-11(5-2)9-15-12(14)10(3)8-13/h8,11,13H,4-7,9H2,1-3H3. The van der Waals surface area contributed by atoms with Crippen LogP contribution in [0.1, 0.15) is 46.5 Å². The number of carbonyl (C=O) groups is 1. The van der Waals surface area contributed by atoms with Crippen LogP contribution in [0.25, 0.3) is 0 Å². The molecule has 0 amide bonds. The molecule has 0 rings (SSSR count). The van der Waals surface area contributed by atoms with Gasteiger partial charge in [-0.15, -0.1) is 0 Å². The number of hydrogen-bond acceptors (Lipinski definition) is 3. The van der Waals surface area contributed by atoms with E-state index in [-0.39, 0.29) is 5.57 Å². The van der Waals surface area contributed by atoms with Crippen LogP contribution in [-0.2, 0) is 9.53 Å². The molecule has 1 atom stereocenters. The Bertz CT molecular complexity index is 209. The summed E-state index contributed by atoms with van der Waals surface area (Å²) in [6, 6.07) is 0. The molecule has 1 unspecified atom stereocenters. The second-order valence-corrected chi connectivity index (χ2v) is 3.83. The highest BCUT2D eigenvalue weighted by Crippen LogP contribution is 2.13. The van der Waals surface area contributed by atoms with E-state index in [1.165, 1.54) is 19.8 Å². The van der Waals surface area contributed by atoms with Crippen LogP contribution < -0.4 is 0 Å². The van der Waals surface area contributed by atoms with Gasteiger partial charge in [0.1, 0.15) is 0 Å². The summed E-state index contributed by atoms with van der Waals surface area (Å²) < 4.78 is 5.08. The van der Waals surface area contributed by atoms with Gasteiger partial charge in [0.2, 0.25) is 0 Å². The van der Waals surface area contributed by atoms with E-state index in [1.807, 2.05) is 0 Å². The Kier molecular flexibility index (Phi) is 7.78. The summed E-state index contributed by atoms with van der Waals surface area (Å²) in [6.45, 7) is 6.25. The van der Waals surface area contributed by atoms with Crippen LogP contribution in [0.2, 0.25) is 0 Å². The molecule has 1 N–H and O–H groups in total. The summed E-state index contributed by atoms with van der Waals surface area (Å²) in [6.07, 6.45) is 5.25. The van der Waals surface area contributed by atoms with Crippen molar-refractivity contribution in [2.24, 2.45) is 5.92 Å². The number of esters is 1. The van der Waals surface area contributed by atoms with Crippen molar-refractivity contribution in [2.45, 2.75) is 46.5 Å². The molecule has 3 heteroatoms. The molecule has 0 aromatic carbocycles. The summed E-state index contributed by atoms with van der Waals surface area (Å²) in [5, 5.41) is 8.61. The van der Waals surface area contributed by atoms with Gasteiger partial charge in [-0.1, -0.05) is 33.1 Å². The first kappa shape index (κ1) is 14.0. The highest BCUT2D eigenvalue weighted by Gasteiger charge is 2.11. The van der Waals surface area contributed by atoms with Crippen molar-refractivity contribution < 1.29 is 14.6 Å². The third-order valence-corrected chi connectivity index (χ3v) is 2.51. The molecule has 0 aromatic rings. The molecule has 3 nitrogen and oxygen atoms in total. The first-order valence-electron chi connectivity index (χ1n) is 5.63. The molecule has 0 heterocycles. The molecule has 0 aliphatic rings. The van der Waals surface area contributed by atoms with Crippen LogP contribution in [0.15, 0.2) is 11.8 Å². The average Bonchev–Trinajstić information content (AvgIpc) is 2.27. The molecule has 0 radical (unpaired) electrons. The van der Waals surface area contributed by atoms with Gasteiger partial charge < -0.3 is 9.84 Å². The minimum Gasteiger partial charge on any atom is -0.515 e. The van der Waals surface area contributed by atoms with Crippen molar-refractivity contribution in [3.63, 3.8) is 0 Å². The van der Waals surface area contributed by atoms with Gasteiger partial charge in [0.25, 0.3) is 0 Å². The quantitative estimate of drug-likeness (QED) is 0.402. The van der Waals surface area contributed by atoms with E-state index in [1.54, 1.807) is 0 Å². The van der Waals surface area contributed by atoms with Crippen molar-refractivity contribution in [1.82, 2.24) is 0 Å². The predicted molar refractivity (Wildman–Crippen MR) is 60.7 cm³/mol. The van der Waals surface area contributed by atoms with Crippen LogP contribution in [-0.4, -0.2) is 17.7 Å². The molecule has 15 heavy (non-hydrogen) atoms. The second kappa shape index (κ2) is 8.33. The highest BCUT2D eigenvalue weighted by atomic mass is 16.5. The molecular formula is C12H22O3. The van der Waals surface area contributed by atoms with Gasteiger partial charge in [0.05, 0.1) is 18.4 Å². The maximum Gasteiger partial charge on any atom is 0.336 e. The van der Waals surface area contributed by atoms with Crippen molar-refractivity contribution in [1.29, 1.82) is 0 Å². The first-order valence-corrected chi connectivity index (χ1v) is 5.63. The first-order chi connectivity index (χ1) is 7.15. The van der Waals surface area contributed by atoms with Gasteiger partial charge in [-0.25, -0.2) is 4.79 Å². The van der Waals surface area contributed by atoms with E-state index >= 15 is 0 Å². The fourth-order valence-electron chi connectivity index (χ4n) is 1.26. The molecule has 0 aromatic heterocycles. The Morgan fingerprint density at radius 2 is 2.13 bits per heavy atom. The zero-order valence-corrected chi connectivity index (χ0v) is 9.95. The van der Waals surface area contributed by atoms with Crippen molar-refractivity contribution in [3.8, 4) is 0 Å². The van der Waals surface area contributed by atoms with Crippen LogP contribution in [0, 0.1) is 5.92 Å². The van der Waals surface area contributed by atoms with E-state index in [4.69, 9.17) is 9.84 Å². The van der Waals surface area contributed by atoms with E-state index < -0.39 is 5.97 Å². The SMILES string of the molecule is CCCCC(CC)COC(=O)C(C)=CO. The van der Waals surface area contributed by atoms with Crippen LogP contribution in [0.3, 0.4) is 0 Å². The Morgan fingerprint density at radius 3 is 2.60 bits per heavy atom. The Balaban J connectivity index is 3.84. The molecular weight excluding hydrogens is 192 g/mol. The number of aliphatic hydroxyl groups is 1. The number of carbonyl (C=O) groups excluding carboxylic acids is 1. The third kappa shape index (κ3) is 6.15. The van der Waals surface area contributed by atoms with Gasteiger partial charge in [0.15, 0.2) is 0 Å². The largest absolute Gasteiger partial charge is 0.515 e. The van der Waals surface area contributed by atoms with Crippen molar-refractivity contribution in [3.05, 3.63) is 11.8 Å². The lowest BCUT2D eigenvalue weighted by Crippen LogP contribution is -2.14. The smallest absolute Gasteiger partial charge is 0.336 e. The Labute approximate surface area is 92.1 Å². The lowest BCUT2D eigenvalue weighted by molar-refractivity contribution is -0.140. The van der Waals surface area contributed by atoms with Crippen LogP contribution in [0.4, 0.5) is 0 Å². The number of rotatable bonds is 7. The van der Waals surface area contributed by atoms with E-state index in [2.05, 4.69) is 13.8 Å². The number of ether oxygens (including phenoxy) is 1. The summed E-state index contributed by atoms with van der Waals surface area (Å²) in [4.78, 5) is 11.2. The van der Waals surface area contributed by atoms with E-state index in [0.29, 0.717) is 12.5 Å². The van der Waals surface area contributed by atoms with Gasteiger partial charge in [-0.2, -0.15) is 0 Å². The lowest BCUT2D eigenvalue weighted by Gasteiger charge is -2.14. The van der Waals surface area contributed by atoms with Gasteiger partial charge in [0, 0.05) is 0 Å². The predicted octanol–water partition coefficient (Wildman–Crippen LogP) is 3.21. The van der Waals surface area contributed by atoms with Crippen molar-refractivity contribution in [2.75, 3.05) is 6.61 Å².